The van der Waals surface area contributed by atoms with Crippen molar-refractivity contribution < 1.29 is 5.11 Å². The van der Waals surface area contributed by atoms with Crippen LogP contribution in [0.1, 0.15) is 40.3 Å². The lowest BCUT2D eigenvalue weighted by Gasteiger charge is -2.18. The molecule has 0 fully saturated rings. The fourth-order valence-electron chi connectivity index (χ4n) is 3.02. The average Bonchev–Trinajstić information content (AvgIpc) is 2.78. The van der Waals surface area contributed by atoms with Crippen molar-refractivity contribution in [1.82, 2.24) is 0 Å². The summed E-state index contributed by atoms with van der Waals surface area (Å²) >= 11 is 0. The largest absolute Gasteiger partial charge is 0.508 e. The number of hydrogen-bond donors (Lipinski definition) is 2. The van der Waals surface area contributed by atoms with Gasteiger partial charge in [-0.05, 0) is 68.0 Å². The third-order valence-electron chi connectivity index (χ3n) is 4.25. The second kappa shape index (κ2) is 4.86. The molecule has 20 heavy (non-hydrogen) atoms. The van der Waals surface area contributed by atoms with Crippen LogP contribution >= 0.6 is 0 Å². The quantitative estimate of drug-likeness (QED) is 0.790. The van der Waals surface area contributed by atoms with Gasteiger partial charge in [0, 0.05) is 5.69 Å². The van der Waals surface area contributed by atoms with Gasteiger partial charge in [0.05, 0.1) is 6.04 Å². The molecule has 1 atom stereocenters. The monoisotopic (exact) mass is 267 g/mol. The molecule has 0 radical (unpaired) electrons. The number of anilines is 1. The maximum absolute atomic E-state index is 9.75. The summed E-state index contributed by atoms with van der Waals surface area (Å²) in [6.45, 7) is 6.12. The van der Waals surface area contributed by atoms with E-state index in [0.29, 0.717) is 11.8 Å². The minimum Gasteiger partial charge on any atom is -0.508 e. The molecule has 0 aliphatic heterocycles. The molecule has 0 heterocycles. The number of nitrogens with one attached hydrogen (secondary N) is 1. The highest BCUT2D eigenvalue weighted by Gasteiger charge is 2.22. The standard InChI is InChI=1S/C18H21NO/c1-11-4-5-14-6-7-16(15(14)8-11)19-17-9-13(3)18(20)10-12(17)2/h4-5,8-10,16,19-20H,6-7H2,1-3H3. The summed E-state index contributed by atoms with van der Waals surface area (Å²) in [7, 11) is 0. The van der Waals surface area contributed by atoms with Crippen LogP contribution in [0, 0.1) is 20.8 Å². The zero-order chi connectivity index (χ0) is 14.3. The van der Waals surface area contributed by atoms with Crippen molar-refractivity contribution in [3.8, 4) is 5.75 Å². The highest BCUT2D eigenvalue weighted by atomic mass is 16.3. The first-order chi connectivity index (χ1) is 9.54. The van der Waals surface area contributed by atoms with E-state index >= 15 is 0 Å². The van der Waals surface area contributed by atoms with E-state index in [-0.39, 0.29) is 0 Å². The summed E-state index contributed by atoms with van der Waals surface area (Å²) in [6, 6.07) is 11.0. The minimum atomic E-state index is 0.371. The molecule has 1 aliphatic rings. The Balaban J connectivity index is 1.91. The number of hydrogen-bond acceptors (Lipinski definition) is 2. The number of fused-ring (bicyclic) bond motifs is 1. The summed E-state index contributed by atoms with van der Waals surface area (Å²) in [5, 5.41) is 13.4. The molecule has 2 nitrogen and oxygen atoms in total. The van der Waals surface area contributed by atoms with Gasteiger partial charge in [-0.1, -0.05) is 23.8 Å². The van der Waals surface area contributed by atoms with Gasteiger partial charge in [-0.2, -0.15) is 0 Å². The van der Waals surface area contributed by atoms with Gasteiger partial charge in [-0.25, -0.2) is 0 Å². The molecule has 0 aromatic heterocycles. The van der Waals surface area contributed by atoms with E-state index in [4.69, 9.17) is 0 Å². The molecule has 3 rings (SSSR count). The fourth-order valence-corrected chi connectivity index (χ4v) is 3.02. The van der Waals surface area contributed by atoms with Gasteiger partial charge in [0.15, 0.2) is 0 Å². The summed E-state index contributed by atoms with van der Waals surface area (Å²) in [6.07, 6.45) is 2.28. The topological polar surface area (TPSA) is 32.3 Å². The highest BCUT2D eigenvalue weighted by molar-refractivity contribution is 5.58. The number of aromatic hydroxyl groups is 1. The van der Waals surface area contributed by atoms with Crippen molar-refractivity contribution in [1.29, 1.82) is 0 Å². The molecule has 1 unspecified atom stereocenters. The van der Waals surface area contributed by atoms with E-state index in [1.165, 1.54) is 16.7 Å². The minimum absolute atomic E-state index is 0.371. The summed E-state index contributed by atoms with van der Waals surface area (Å²) in [5.74, 6) is 0.371. The first-order valence-corrected chi connectivity index (χ1v) is 7.21. The van der Waals surface area contributed by atoms with Gasteiger partial charge in [0.2, 0.25) is 0 Å². The molecule has 0 spiro atoms. The van der Waals surface area contributed by atoms with Crippen LogP contribution in [0.5, 0.6) is 5.75 Å². The lowest BCUT2D eigenvalue weighted by molar-refractivity contribution is 0.470. The number of rotatable bonds is 2. The second-order valence-electron chi connectivity index (χ2n) is 5.89. The molecular formula is C18H21NO. The average molecular weight is 267 g/mol. The number of phenolic OH excluding ortho intramolecular Hbond substituents is 1. The zero-order valence-corrected chi connectivity index (χ0v) is 12.3. The molecule has 0 amide bonds. The molecule has 0 bridgehead atoms. The van der Waals surface area contributed by atoms with E-state index < -0.39 is 0 Å². The van der Waals surface area contributed by atoms with E-state index in [9.17, 15) is 5.11 Å². The Kier molecular flexibility index (Phi) is 3.17. The first-order valence-electron chi connectivity index (χ1n) is 7.21. The Morgan fingerprint density at radius 2 is 1.85 bits per heavy atom. The third kappa shape index (κ3) is 2.26. The molecular weight excluding hydrogens is 246 g/mol. The van der Waals surface area contributed by atoms with Crippen molar-refractivity contribution in [2.75, 3.05) is 5.32 Å². The van der Waals surface area contributed by atoms with Gasteiger partial charge in [-0.3, -0.25) is 0 Å². The molecule has 1 aliphatic carbocycles. The highest BCUT2D eigenvalue weighted by Crippen LogP contribution is 2.36. The van der Waals surface area contributed by atoms with E-state index in [1.807, 2.05) is 26.0 Å². The van der Waals surface area contributed by atoms with Gasteiger partial charge in [0.25, 0.3) is 0 Å². The fraction of sp³-hybridized carbons (Fsp3) is 0.333. The number of benzene rings is 2. The van der Waals surface area contributed by atoms with E-state index in [1.54, 1.807) is 0 Å². The van der Waals surface area contributed by atoms with Crippen LogP contribution in [-0.2, 0) is 6.42 Å². The van der Waals surface area contributed by atoms with E-state index in [0.717, 1.165) is 29.7 Å². The molecule has 0 saturated carbocycles. The van der Waals surface area contributed by atoms with E-state index in [2.05, 4.69) is 30.4 Å². The molecule has 2 aromatic carbocycles. The van der Waals surface area contributed by atoms with Crippen molar-refractivity contribution in [3.05, 3.63) is 58.1 Å². The Hall–Kier alpha value is -1.96. The molecule has 2 aromatic rings. The van der Waals surface area contributed by atoms with Crippen molar-refractivity contribution in [2.45, 2.75) is 39.7 Å². The van der Waals surface area contributed by atoms with Crippen LogP contribution in [0.15, 0.2) is 30.3 Å². The van der Waals surface area contributed by atoms with Crippen LogP contribution in [0.4, 0.5) is 5.69 Å². The maximum atomic E-state index is 9.75. The lowest BCUT2D eigenvalue weighted by atomic mass is 10.0. The summed E-state index contributed by atoms with van der Waals surface area (Å²) in [4.78, 5) is 0. The Morgan fingerprint density at radius 1 is 1.05 bits per heavy atom. The normalized spacial score (nSPS) is 17.1. The molecule has 0 saturated heterocycles. The summed E-state index contributed by atoms with van der Waals surface area (Å²) < 4.78 is 0. The van der Waals surface area contributed by atoms with Crippen molar-refractivity contribution >= 4 is 5.69 Å². The van der Waals surface area contributed by atoms with Crippen LogP contribution in [0.25, 0.3) is 0 Å². The number of phenols is 1. The molecule has 104 valence electrons. The second-order valence-corrected chi connectivity index (χ2v) is 5.89. The van der Waals surface area contributed by atoms with Gasteiger partial charge in [0.1, 0.15) is 5.75 Å². The Bertz CT molecular complexity index is 661. The van der Waals surface area contributed by atoms with Crippen LogP contribution in [-0.4, -0.2) is 5.11 Å². The maximum Gasteiger partial charge on any atom is 0.118 e. The van der Waals surface area contributed by atoms with Crippen LogP contribution in [0.3, 0.4) is 0 Å². The van der Waals surface area contributed by atoms with Crippen LogP contribution < -0.4 is 5.32 Å². The SMILES string of the molecule is Cc1ccc2c(c1)C(Nc1cc(C)c(O)cc1C)CC2. The van der Waals surface area contributed by atoms with Gasteiger partial charge < -0.3 is 10.4 Å². The molecule has 2 heteroatoms. The van der Waals surface area contributed by atoms with Gasteiger partial charge in [-0.15, -0.1) is 0 Å². The van der Waals surface area contributed by atoms with Crippen molar-refractivity contribution in [3.63, 3.8) is 0 Å². The van der Waals surface area contributed by atoms with Crippen molar-refractivity contribution in [2.24, 2.45) is 0 Å². The Morgan fingerprint density at radius 3 is 2.65 bits per heavy atom. The third-order valence-corrected chi connectivity index (χ3v) is 4.25. The lowest BCUT2D eigenvalue weighted by Crippen LogP contribution is -2.08. The predicted octanol–water partition coefficient (Wildman–Crippen LogP) is 4.42. The van der Waals surface area contributed by atoms with Gasteiger partial charge >= 0.3 is 0 Å². The smallest absolute Gasteiger partial charge is 0.118 e. The van der Waals surface area contributed by atoms with Crippen LogP contribution in [0.2, 0.25) is 0 Å². The zero-order valence-electron chi connectivity index (χ0n) is 12.3. The summed E-state index contributed by atoms with van der Waals surface area (Å²) in [5.41, 5.74) is 7.34. The first kappa shape index (κ1) is 13.0. The number of aryl methyl sites for hydroxylation is 4. The molecule has 2 N–H and O–H groups in total. The Labute approximate surface area is 120 Å². The predicted molar refractivity (Wildman–Crippen MR) is 83.4 cm³/mol.